The number of hydrogen-bond acceptors (Lipinski definition) is 4. The number of aliphatic hydroxyl groups excluding tert-OH is 1. The molecule has 2 unspecified atom stereocenters. The van der Waals surface area contributed by atoms with E-state index in [4.69, 9.17) is 0 Å². The van der Waals surface area contributed by atoms with Gasteiger partial charge in [0.1, 0.15) is 0 Å². The Morgan fingerprint density at radius 1 is 0.885 bits per heavy atom. The van der Waals surface area contributed by atoms with Crippen molar-refractivity contribution in [1.29, 1.82) is 0 Å². The molecule has 2 atom stereocenters. The van der Waals surface area contributed by atoms with Crippen LogP contribution >= 0.6 is 0 Å². The quantitative estimate of drug-likeness (QED) is 0.716. The second-order valence-electron chi connectivity index (χ2n) is 7.20. The van der Waals surface area contributed by atoms with E-state index in [0.29, 0.717) is 0 Å². The molecule has 2 aromatic carbocycles. The van der Waals surface area contributed by atoms with E-state index in [1.165, 1.54) is 0 Å². The maximum Gasteiger partial charge on any atom is 0.0984 e. The van der Waals surface area contributed by atoms with Crippen LogP contribution in [0.4, 0.5) is 0 Å². The van der Waals surface area contributed by atoms with Gasteiger partial charge in [0.15, 0.2) is 0 Å². The Kier molecular flexibility index (Phi) is 7.21. The van der Waals surface area contributed by atoms with E-state index in [1.54, 1.807) is 0 Å². The Morgan fingerprint density at radius 3 is 2.08 bits per heavy atom. The molecule has 4 heteroatoms. The summed E-state index contributed by atoms with van der Waals surface area (Å²) in [4.78, 5) is 4.92. The average Bonchev–Trinajstić information content (AvgIpc) is 2.70. The molecule has 1 heterocycles. The highest BCUT2D eigenvalue weighted by Crippen LogP contribution is 2.28. The molecule has 0 saturated carbocycles. The number of aliphatic hydroxyl groups is 1. The van der Waals surface area contributed by atoms with E-state index < -0.39 is 6.10 Å². The lowest BCUT2D eigenvalue weighted by Gasteiger charge is -2.32. The lowest BCUT2D eigenvalue weighted by molar-refractivity contribution is 0.125. The monoisotopic (exact) mass is 353 g/mol. The third-order valence-corrected chi connectivity index (χ3v) is 5.23. The second kappa shape index (κ2) is 9.83. The van der Waals surface area contributed by atoms with Gasteiger partial charge in [-0.05, 0) is 37.7 Å². The van der Waals surface area contributed by atoms with Crippen molar-refractivity contribution in [2.24, 2.45) is 0 Å². The van der Waals surface area contributed by atoms with Crippen molar-refractivity contribution in [2.75, 3.05) is 46.3 Å². The van der Waals surface area contributed by atoms with Gasteiger partial charge in [-0.25, -0.2) is 0 Å². The summed E-state index contributed by atoms with van der Waals surface area (Å²) < 4.78 is 0. The Hall–Kier alpha value is -1.72. The van der Waals surface area contributed by atoms with Crippen molar-refractivity contribution >= 4 is 0 Å². The number of hydrogen-bond donors (Lipinski definition) is 2. The van der Waals surface area contributed by atoms with Crippen LogP contribution in [0.5, 0.6) is 0 Å². The number of benzene rings is 2. The molecule has 1 fully saturated rings. The van der Waals surface area contributed by atoms with Crippen LogP contribution in [0.3, 0.4) is 0 Å². The minimum Gasteiger partial charge on any atom is -0.386 e. The van der Waals surface area contributed by atoms with E-state index in [1.807, 2.05) is 48.5 Å². The Bertz CT molecular complexity index is 626. The molecule has 3 rings (SSSR count). The third-order valence-electron chi connectivity index (χ3n) is 5.23. The standard InChI is InChI=1S/C22H31N3O/c1-24-15-17-25(18-16-24)14-8-13-23-21(19-9-4-2-5-10-19)22(26)20-11-6-3-7-12-20/h2-7,9-12,21-23,26H,8,13-18H2,1H3. The second-order valence-corrected chi connectivity index (χ2v) is 7.20. The number of nitrogens with one attached hydrogen (secondary N) is 1. The maximum atomic E-state index is 10.9. The fourth-order valence-electron chi connectivity index (χ4n) is 3.55. The molecule has 4 nitrogen and oxygen atoms in total. The van der Waals surface area contributed by atoms with E-state index in [0.717, 1.165) is 56.8 Å². The van der Waals surface area contributed by atoms with Gasteiger partial charge in [-0.3, -0.25) is 0 Å². The summed E-state index contributed by atoms with van der Waals surface area (Å²) in [5, 5.41) is 14.5. The van der Waals surface area contributed by atoms with Crippen molar-refractivity contribution in [2.45, 2.75) is 18.6 Å². The van der Waals surface area contributed by atoms with E-state index >= 15 is 0 Å². The molecule has 2 N–H and O–H groups in total. The van der Waals surface area contributed by atoms with Crippen LogP contribution in [-0.2, 0) is 0 Å². The van der Waals surface area contributed by atoms with Crippen LogP contribution in [-0.4, -0.2) is 61.2 Å². The van der Waals surface area contributed by atoms with Gasteiger partial charge in [0, 0.05) is 26.2 Å². The molecule has 0 bridgehead atoms. The smallest absolute Gasteiger partial charge is 0.0984 e. The molecule has 0 radical (unpaired) electrons. The van der Waals surface area contributed by atoms with Crippen LogP contribution in [0.15, 0.2) is 60.7 Å². The Balaban J connectivity index is 1.56. The zero-order valence-corrected chi connectivity index (χ0v) is 15.7. The van der Waals surface area contributed by atoms with Gasteiger partial charge < -0.3 is 20.2 Å². The molecular formula is C22H31N3O. The summed E-state index contributed by atoms with van der Waals surface area (Å²) in [6.45, 7) is 6.65. The normalized spacial score (nSPS) is 18.5. The van der Waals surface area contributed by atoms with E-state index in [9.17, 15) is 5.11 Å². The summed E-state index contributed by atoms with van der Waals surface area (Å²) in [5.41, 5.74) is 2.08. The first-order chi connectivity index (χ1) is 12.7. The molecule has 0 aromatic heterocycles. The highest BCUT2D eigenvalue weighted by atomic mass is 16.3. The lowest BCUT2D eigenvalue weighted by Crippen LogP contribution is -2.45. The summed E-state index contributed by atoms with van der Waals surface area (Å²) in [7, 11) is 2.19. The summed E-state index contributed by atoms with van der Waals surface area (Å²) in [5.74, 6) is 0. The van der Waals surface area contributed by atoms with Gasteiger partial charge in [-0.1, -0.05) is 60.7 Å². The highest BCUT2D eigenvalue weighted by molar-refractivity contribution is 5.26. The minimum absolute atomic E-state index is 0.0916. The zero-order valence-electron chi connectivity index (χ0n) is 15.7. The fourth-order valence-corrected chi connectivity index (χ4v) is 3.55. The zero-order chi connectivity index (χ0) is 18.2. The molecule has 140 valence electrons. The molecule has 1 aliphatic heterocycles. The fraction of sp³-hybridized carbons (Fsp3) is 0.455. The molecule has 26 heavy (non-hydrogen) atoms. The Labute approximate surface area is 157 Å². The predicted molar refractivity (Wildman–Crippen MR) is 107 cm³/mol. The lowest BCUT2D eigenvalue weighted by atomic mass is 9.95. The van der Waals surface area contributed by atoms with Gasteiger partial charge in [0.25, 0.3) is 0 Å². The van der Waals surface area contributed by atoms with Crippen molar-refractivity contribution < 1.29 is 5.11 Å². The minimum atomic E-state index is -0.553. The molecule has 1 saturated heterocycles. The number of rotatable bonds is 8. The first kappa shape index (κ1) is 19.1. The van der Waals surface area contributed by atoms with Gasteiger partial charge in [0.2, 0.25) is 0 Å². The summed E-state index contributed by atoms with van der Waals surface area (Å²) in [6, 6.07) is 20.1. The highest BCUT2D eigenvalue weighted by Gasteiger charge is 2.22. The SMILES string of the molecule is CN1CCN(CCCNC(c2ccccc2)C(O)c2ccccc2)CC1. The van der Waals surface area contributed by atoms with Crippen LogP contribution in [0.2, 0.25) is 0 Å². The van der Waals surface area contributed by atoms with Crippen molar-refractivity contribution in [1.82, 2.24) is 15.1 Å². The van der Waals surface area contributed by atoms with Crippen LogP contribution in [0.1, 0.15) is 29.7 Å². The first-order valence-electron chi connectivity index (χ1n) is 9.66. The summed E-state index contributed by atoms with van der Waals surface area (Å²) >= 11 is 0. The van der Waals surface area contributed by atoms with E-state index in [2.05, 4.69) is 34.3 Å². The van der Waals surface area contributed by atoms with Crippen LogP contribution in [0.25, 0.3) is 0 Å². The molecule has 0 spiro atoms. The molecule has 2 aromatic rings. The number of nitrogens with zero attached hydrogens (tertiary/aromatic N) is 2. The van der Waals surface area contributed by atoms with Gasteiger partial charge in [-0.15, -0.1) is 0 Å². The first-order valence-corrected chi connectivity index (χ1v) is 9.66. The molecule has 0 aliphatic carbocycles. The molecule has 0 amide bonds. The molecular weight excluding hydrogens is 322 g/mol. The predicted octanol–water partition coefficient (Wildman–Crippen LogP) is 2.69. The van der Waals surface area contributed by atoms with Crippen molar-refractivity contribution in [3.63, 3.8) is 0 Å². The topological polar surface area (TPSA) is 38.7 Å². The average molecular weight is 354 g/mol. The van der Waals surface area contributed by atoms with Crippen molar-refractivity contribution in [3.8, 4) is 0 Å². The van der Waals surface area contributed by atoms with Gasteiger partial charge in [-0.2, -0.15) is 0 Å². The molecule has 1 aliphatic rings. The van der Waals surface area contributed by atoms with Crippen LogP contribution < -0.4 is 5.32 Å². The van der Waals surface area contributed by atoms with Crippen molar-refractivity contribution in [3.05, 3.63) is 71.8 Å². The largest absolute Gasteiger partial charge is 0.386 e. The number of likely N-dealkylation sites (N-methyl/N-ethyl adjacent to an activating group) is 1. The van der Waals surface area contributed by atoms with Gasteiger partial charge >= 0.3 is 0 Å². The van der Waals surface area contributed by atoms with E-state index in [-0.39, 0.29) is 6.04 Å². The summed E-state index contributed by atoms with van der Waals surface area (Å²) in [6.07, 6.45) is 0.538. The van der Waals surface area contributed by atoms with Crippen LogP contribution in [0, 0.1) is 0 Å². The third kappa shape index (κ3) is 5.39. The maximum absolute atomic E-state index is 10.9. The Morgan fingerprint density at radius 2 is 1.46 bits per heavy atom. The van der Waals surface area contributed by atoms with Gasteiger partial charge in [0.05, 0.1) is 12.1 Å². The number of piperazine rings is 1.